The van der Waals surface area contributed by atoms with Gasteiger partial charge in [0.1, 0.15) is 4.90 Å². The molecule has 0 radical (unpaired) electrons. The number of pyridine rings is 1. The Morgan fingerprint density at radius 1 is 1.42 bits per heavy atom. The Bertz CT molecular complexity index is 552. The maximum absolute atomic E-state index is 12.6. The summed E-state index contributed by atoms with van der Waals surface area (Å²) >= 11 is 0. The van der Waals surface area contributed by atoms with Gasteiger partial charge in [-0.25, -0.2) is 17.2 Å². The Labute approximate surface area is 110 Å². The average Bonchev–Trinajstić information content (AvgIpc) is 2.24. The van der Waals surface area contributed by atoms with E-state index in [1.165, 1.54) is 13.8 Å². The Kier molecular flexibility index (Phi) is 4.34. The predicted octanol–water partition coefficient (Wildman–Crippen LogP) is 1.54. The molecule has 0 spiro atoms. The van der Waals surface area contributed by atoms with Crippen LogP contribution in [0.3, 0.4) is 0 Å². The van der Waals surface area contributed by atoms with Crippen LogP contribution in [0, 0.1) is 5.21 Å². The zero-order valence-electron chi connectivity index (χ0n) is 10.8. The summed E-state index contributed by atoms with van der Waals surface area (Å²) in [7, 11) is -3.66. The lowest BCUT2D eigenvalue weighted by Gasteiger charge is -2.13. The molecule has 0 bridgehead atoms. The molecule has 0 saturated heterocycles. The summed E-state index contributed by atoms with van der Waals surface area (Å²) in [5, 5.41) is 10.6. The summed E-state index contributed by atoms with van der Waals surface area (Å²) in [6, 6.07) is 1.06. The lowest BCUT2D eigenvalue weighted by molar-refractivity contribution is -0.608. The van der Waals surface area contributed by atoms with Crippen LogP contribution >= 0.6 is 0 Å². The Hall–Kier alpha value is -1.44. The Morgan fingerprint density at radius 2 is 2.00 bits per heavy atom. The van der Waals surface area contributed by atoms with Crippen LogP contribution in [0.15, 0.2) is 23.4 Å². The van der Waals surface area contributed by atoms with E-state index >= 15 is 0 Å². The van der Waals surface area contributed by atoms with Crippen LogP contribution in [-0.4, -0.2) is 26.2 Å². The van der Waals surface area contributed by atoms with Crippen LogP contribution < -0.4 is 9.47 Å². The van der Waals surface area contributed by atoms with Crippen molar-refractivity contribution in [1.82, 2.24) is 0 Å². The first kappa shape index (κ1) is 15.6. The normalized spacial score (nSPS) is 12.7. The van der Waals surface area contributed by atoms with E-state index in [2.05, 4.69) is 0 Å². The second-order valence-corrected chi connectivity index (χ2v) is 7.02. The van der Waals surface area contributed by atoms with Gasteiger partial charge in [0.15, 0.2) is 28.4 Å². The number of alkyl halides is 2. The van der Waals surface area contributed by atoms with Gasteiger partial charge in [0, 0.05) is 13.0 Å². The lowest BCUT2D eigenvalue weighted by Crippen LogP contribution is -2.29. The molecule has 0 atom stereocenters. The largest absolute Gasteiger partial charge is 0.619 e. The van der Waals surface area contributed by atoms with Gasteiger partial charge < -0.3 is 9.94 Å². The third-order valence-corrected chi connectivity index (χ3v) is 4.36. The molecule has 19 heavy (non-hydrogen) atoms. The number of sulfone groups is 1. The van der Waals surface area contributed by atoms with Crippen molar-refractivity contribution in [2.45, 2.75) is 36.8 Å². The van der Waals surface area contributed by atoms with Crippen LogP contribution in [0.5, 0.6) is 5.75 Å². The van der Waals surface area contributed by atoms with Gasteiger partial charge in [0.25, 0.3) is 5.92 Å². The number of ether oxygens (including phenoxy) is 1. The minimum absolute atomic E-state index is 0.210. The van der Waals surface area contributed by atoms with E-state index in [1.54, 1.807) is 0 Å². The van der Waals surface area contributed by atoms with Gasteiger partial charge in [-0.15, -0.1) is 0 Å². The predicted molar refractivity (Wildman–Crippen MR) is 63.8 cm³/mol. The fourth-order valence-electron chi connectivity index (χ4n) is 1.22. The Balaban J connectivity index is 3.08. The summed E-state index contributed by atoms with van der Waals surface area (Å²) in [6.45, 7) is 2.64. The second-order valence-electron chi connectivity index (χ2n) is 4.52. The standard InChI is InChI=1S/C11H15F2NO4S/c1-8(2)19(16,17)10-4-9(5-14(15)6-10)18-7-11(3,12)13/h4-6,8H,7H2,1-3H3. The number of nitrogens with zero attached hydrogens (tertiary/aromatic N) is 1. The second kappa shape index (κ2) is 5.28. The molecule has 1 aromatic rings. The van der Waals surface area contributed by atoms with E-state index in [1.807, 2.05) is 0 Å². The van der Waals surface area contributed by atoms with Crippen molar-refractivity contribution in [3.05, 3.63) is 23.7 Å². The first-order chi connectivity index (χ1) is 8.52. The molecule has 0 aliphatic heterocycles. The molecular formula is C11H15F2NO4S. The van der Waals surface area contributed by atoms with Crippen LogP contribution in [0.25, 0.3) is 0 Å². The summed E-state index contributed by atoms with van der Waals surface area (Å²) < 4.78 is 54.0. The van der Waals surface area contributed by atoms with Gasteiger partial charge in [-0.05, 0) is 13.8 Å². The van der Waals surface area contributed by atoms with Crippen molar-refractivity contribution in [1.29, 1.82) is 0 Å². The summed E-state index contributed by atoms with van der Waals surface area (Å²) in [6.07, 6.45) is 1.76. The monoisotopic (exact) mass is 295 g/mol. The minimum Gasteiger partial charge on any atom is -0.619 e. The van der Waals surface area contributed by atoms with Gasteiger partial charge in [-0.3, -0.25) is 0 Å². The average molecular weight is 295 g/mol. The number of rotatable bonds is 5. The smallest absolute Gasteiger partial charge is 0.278 e. The lowest BCUT2D eigenvalue weighted by atomic mass is 10.4. The van der Waals surface area contributed by atoms with Gasteiger partial charge in [0.2, 0.25) is 6.20 Å². The molecular weight excluding hydrogens is 280 g/mol. The fourth-order valence-corrected chi connectivity index (χ4v) is 2.30. The summed E-state index contributed by atoms with van der Waals surface area (Å²) in [5.74, 6) is -3.28. The SMILES string of the molecule is CC(C)S(=O)(=O)c1cc(OCC(C)(F)F)c[n+]([O-])c1. The zero-order valence-corrected chi connectivity index (χ0v) is 11.6. The highest BCUT2D eigenvalue weighted by atomic mass is 32.2. The van der Waals surface area contributed by atoms with E-state index < -0.39 is 27.6 Å². The molecule has 0 aromatic carbocycles. The third-order valence-electron chi connectivity index (χ3n) is 2.23. The molecule has 0 saturated carbocycles. The van der Waals surface area contributed by atoms with Crippen molar-refractivity contribution in [2.24, 2.45) is 0 Å². The van der Waals surface area contributed by atoms with Gasteiger partial charge in [-0.2, -0.15) is 4.73 Å². The minimum atomic E-state index is -3.66. The van der Waals surface area contributed by atoms with E-state index in [0.29, 0.717) is 6.92 Å². The quantitative estimate of drug-likeness (QED) is 0.610. The summed E-state index contributed by atoms with van der Waals surface area (Å²) in [4.78, 5) is -0.255. The van der Waals surface area contributed by atoms with Crippen molar-refractivity contribution in [2.75, 3.05) is 6.61 Å². The maximum Gasteiger partial charge on any atom is 0.278 e. The topological polar surface area (TPSA) is 70.3 Å². The molecule has 8 heteroatoms. The first-order valence-corrected chi connectivity index (χ1v) is 7.05. The van der Waals surface area contributed by atoms with Crippen LogP contribution in [0.1, 0.15) is 20.8 Å². The van der Waals surface area contributed by atoms with Crippen molar-refractivity contribution in [3.63, 3.8) is 0 Å². The van der Waals surface area contributed by atoms with Crippen molar-refractivity contribution >= 4 is 9.84 Å². The van der Waals surface area contributed by atoms with Gasteiger partial charge >= 0.3 is 0 Å². The molecule has 0 aliphatic carbocycles. The molecule has 1 rings (SSSR count). The van der Waals surface area contributed by atoms with Crippen molar-refractivity contribution < 1.29 is 26.7 Å². The molecule has 1 aromatic heterocycles. The van der Waals surface area contributed by atoms with Gasteiger partial charge in [0.05, 0.1) is 5.25 Å². The molecule has 0 aliphatic rings. The molecule has 0 amide bonds. The molecule has 5 nitrogen and oxygen atoms in total. The van der Waals surface area contributed by atoms with E-state index in [4.69, 9.17) is 4.74 Å². The molecule has 1 heterocycles. The Morgan fingerprint density at radius 3 is 2.47 bits per heavy atom. The molecule has 0 N–H and O–H groups in total. The van der Waals surface area contributed by atoms with Gasteiger partial charge in [-0.1, -0.05) is 0 Å². The van der Waals surface area contributed by atoms with E-state index in [-0.39, 0.29) is 15.4 Å². The zero-order chi connectivity index (χ0) is 14.8. The highest BCUT2D eigenvalue weighted by Gasteiger charge is 2.25. The number of hydrogen-bond acceptors (Lipinski definition) is 4. The fraction of sp³-hybridized carbons (Fsp3) is 0.545. The molecule has 0 fully saturated rings. The van der Waals surface area contributed by atoms with Crippen LogP contribution in [0.2, 0.25) is 0 Å². The number of hydrogen-bond donors (Lipinski definition) is 0. The first-order valence-electron chi connectivity index (χ1n) is 5.51. The summed E-state index contributed by atoms with van der Waals surface area (Å²) in [5.41, 5.74) is 0. The maximum atomic E-state index is 12.6. The highest BCUT2D eigenvalue weighted by molar-refractivity contribution is 7.92. The number of aromatic nitrogens is 1. The molecule has 0 unspecified atom stereocenters. The van der Waals surface area contributed by atoms with Crippen LogP contribution in [0.4, 0.5) is 8.78 Å². The highest BCUT2D eigenvalue weighted by Crippen LogP contribution is 2.21. The van der Waals surface area contributed by atoms with E-state index in [0.717, 1.165) is 18.5 Å². The van der Waals surface area contributed by atoms with Crippen LogP contribution in [-0.2, 0) is 9.84 Å². The van der Waals surface area contributed by atoms with Crippen molar-refractivity contribution in [3.8, 4) is 5.75 Å². The molecule has 108 valence electrons. The van der Waals surface area contributed by atoms with E-state index in [9.17, 15) is 22.4 Å². The number of halogens is 2. The third kappa shape index (κ3) is 4.30.